The minimum atomic E-state index is 0.582. The Labute approximate surface area is 97.7 Å². The van der Waals surface area contributed by atoms with Gasteiger partial charge in [-0.1, -0.05) is 0 Å². The maximum absolute atomic E-state index is 5.75. The van der Waals surface area contributed by atoms with Gasteiger partial charge in [-0.15, -0.1) is 0 Å². The van der Waals surface area contributed by atoms with Crippen LogP contribution in [0.25, 0.3) is 0 Å². The number of nitrogen functional groups attached to an aromatic ring is 1. The van der Waals surface area contributed by atoms with Crippen LogP contribution in [0, 0.1) is 6.92 Å². The van der Waals surface area contributed by atoms with Crippen LogP contribution >= 0.6 is 0 Å². The second-order valence-electron chi connectivity index (χ2n) is 4.95. The zero-order chi connectivity index (χ0) is 11.7. The summed E-state index contributed by atoms with van der Waals surface area (Å²) in [6, 6.07) is 3.17. The van der Waals surface area contributed by atoms with E-state index in [4.69, 9.17) is 5.73 Å². The van der Waals surface area contributed by atoms with Crippen LogP contribution in [0.15, 0.2) is 12.3 Å². The standard InChI is InChI=1S/C13H21N3/c1-9-7-12(14)8-15-13(9)16-10(2)5-4-6-11(16)3/h7-8,10-11H,4-6,14H2,1-3H3. The molecule has 2 heterocycles. The molecule has 16 heavy (non-hydrogen) atoms. The lowest BCUT2D eigenvalue weighted by Gasteiger charge is -2.40. The molecule has 1 saturated heterocycles. The molecule has 0 bridgehead atoms. The minimum Gasteiger partial charge on any atom is -0.397 e. The summed E-state index contributed by atoms with van der Waals surface area (Å²) in [6.45, 7) is 6.66. The van der Waals surface area contributed by atoms with Gasteiger partial charge in [0.05, 0.1) is 11.9 Å². The van der Waals surface area contributed by atoms with E-state index in [9.17, 15) is 0 Å². The Kier molecular flexibility index (Phi) is 3.03. The van der Waals surface area contributed by atoms with E-state index in [0.29, 0.717) is 12.1 Å². The molecular weight excluding hydrogens is 198 g/mol. The number of anilines is 2. The number of hydrogen-bond donors (Lipinski definition) is 1. The zero-order valence-electron chi connectivity index (χ0n) is 10.4. The minimum absolute atomic E-state index is 0.582. The van der Waals surface area contributed by atoms with Gasteiger partial charge in [-0.2, -0.15) is 0 Å². The first kappa shape index (κ1) is 11.2. The van der Waals surface area contributed by atoms with Crippen molar-refractivity contribution in [2.24, 2.45) is 0 Å². The van der Waals surface area contributed by atoms with Gasteiger partial charge in [-0.25, -0.2) is 4.98 Å². The van der Waals surface area contributed by atoms with Crippen molar-refractivity contribution in [2.75, 3.05) is 10.6 Å². The molecule has 2 rings (SSSR count). The van der Waals surface area contributed by atoms with Gasteiger partial charge >= 0.3 is 0 Å². The van der Waals surface area contributed by atoms with E-state index in [0.717, 1.165) is 11.5 Å². The smallest absolute Gasteiger partial charge is 0.132 e. The van der Waals surface area contributed by atoms with E-state index >= 15 is 0 Å². The van der Waals surface area contributed by atoms with Crippen molar-refractivity contribution in [3.8, 4) is 0 Å². The highest BCUT2D eigenvalue weighted by Gasteiger charge is 2.26. The van der Waals surface area contributed by atoms with E-state index in [1.165, 1.54) is 24.8 Å². The number of aromatic nitrogens is 1. The SMILES string of the molecule is Cc1cc(N)cnc1N1C(C)CCCC1C. The Bertz CT molecular complexity index is 365. The molecule has 0 radical (unpaired) electrons. The molecule has 2 N–H and O–H groups in total. The summed E-state index contributed by atoms with van der Waals surface area (Å²) in [5, 5.41) is 0. The molecule has 0 aromatic carbocycles. The van der Waals surface area contributed by atoms with Crippen LogP contribution in [0.4, 0.5) is 11.5 Å². The van der Waals surface area contributed by atoms with Gasteiger partial charge in [0.2, 0.25) is 0 Å². The van der Waals surface area contributed by atoms with Gasteiger partial charge in [0.1, 0.15) is 5.82 Å². The molecule has 0 spiro atoms. The molecule has 0 amide bonds. The molecule has 0 saturated carbocycles. The summed E-state index contributed by atoms with van der Waals surface area (Å²) in [6.07, 6.45) is 5.61. The molecule has 1 aromatic rings. The third-order valence-corrected chi connectivity index (χ3v) is 3.51. The van der Waals surface area contributed by atoms with E-state index in [1.807, 2.05) is 6.07 Å². The summed E-state index contributed by atoms with van der Waals surface area (Å²) >= 11 is 0. The quantitative estimate of drug-likeness (QED) is 0.789. The molecule has 1 aromatic heterocycles. The number of pyridine rings is 1. The molecule has 88 valence electrons. The first-order valence-electron chi connectivity index (χ1n) is 6.10. The summed E-state index contributed by atoms with van der Waals surface area (Å²) in [7, 11) is 0. The lowest BCUT2D eigenvalue weighted by Crippen LogP contribution is -2.44. The maximum Gasteiger partial charge on any atom is 0.132 e. The van der Waals surface area contributed by atoms with Gasteiger partial charge < -0.3 is 10.6 Å². The highest BCUT2D eigenvalue weighted by Crippen LogP contribution is 2.30. The third-order valence-electron chi connectivity index (χ3n) is 3.51. The number of hydrogen-bond acceptors (Lipinski definition) is 3. The first-order valence-corrected chi connectivity index (χ1v) is 6.10. The van der Waals surface area contributed by atoms with Crippen molar-refractivity contribution in [1.82, 2.24) is 4.98 Å². The molecule has 3 heteroatoms. The van der Waals surface area contributed by atoms with Crippen LogP contribution in [0.2, 0.25) is 0 Å². The Morgan fingerprint density at radius 1 is 1.31 bits per heavy atom. The van der Waals surface area contributed by atoms with Gasteiger partial charge in [-0.05, 0) is 51.7 Å². The summed E-state index contributed by atoms with van der Waals surface area (Å²) in [4.78, 5) is 6.95. The number of rotatable bonds is 1. The van der Waals surface area contributed by atoms with Gasteiger partial charge in [-0.3, -0.25) is 0 Å². The van der Waals surface area contributed by atoms with Crippen LogP contribution in [0.1, 0.15) is 38.7 Å². The molecule has 1 fully saturated rings. The van der Waals surface area contributed by atoms with Gasteiger partial charge in [0, 0.05) is 12.1 Å². The Morgan fingerprint density at radius 2 is 1.94 bits per heavy atom. The average Bonchev–Trinajstić information content (AvgIpc) is 2.20. The monoisotopic (exact) mass is 219 g/mol. The van der Waals surface area contributed by atoms with Crippen molar-refractivity contribution in [1.29, 1.82) is 0 Å². The second kappa shape index (κ2) is 4.32. The van der Waals surface area contributed by atoms with Crippen molar-refractivity contribution >= 4 is 11.5 Å². The molecule has 3 nitrogen and oxygen atoms in total. The third kappa shape index (κ3) is 1.99. The van der Waals surface area contributed by atoms with E-state index in [1.54, 1.807) is 6.20 Å². The summed E-state index contributed by atoms with van der Waals surface area (Å²) in [5.41, 5.74) is 7.68. The highest BCUT2D eigenvalue weighted by molar-refractivity contribution is 5.54. The van der Waals surface area contributed by atoms with Crippen LogP contribution in [0.3, 0.4) is 0 Å². The second-order valence-corrected chi connectivity index (χ2v) is 4.95. The first-order chi connectivity index (χ1) is 7.59. The number of nitrogens with two attached hydrogens (primary N) is 1. The fourth-order valence-corrected chi connectivity index (χ4v) is 2.70. The van der Waals surface area contributed by atoms with Crippen molar-refractivity contribution in [3.63, 3.8) is 0 Å². The predicted octanol–water partition coefficient (Wildman–Crippen LogP) is 2.74. The topological polar surface area (TPSA) is 42.1 Å². The molecule has 2 unspecified atom stereocenters. The molecular formula is C13H21N3. The van der Waals surface area contributed by atoms with E-state index in [2.05, 4.69) is 30.7 Å². The fourth-order valence-electron chi connectivity index (χ4n) is 2.70. The molecule has 1 aliphatic rings. The molecule has 2 atom stereocenters. The Morgan fingerprint density at radius 3 is 2.50 bits per heavy atom. The number of piperidine rings is 1. The zero-order valence-corrected chi connectivity index (χ0v) is 10.4. The van der Waals surface area contributed by atoms with Gasteiger partial charge in [0.25, 0.3) is 0 Å². The van der Waals surface area contributed by atoms with Crippen molar-refractivity contribution in [2.45, 2.75) is 52.1 Å². The molecule has 1 aliphatic heterocycles. The van der Waals surface area contributed by atoms with Crippen molar-refractivity contribution < 1.29 is 0 Å². The lowest BCUT2D eigenvalue weighted by atomic mass is 9.97. The summed E-state index contributed by atoms with van der Waals surface area (Å²) < 4.78 is 0. The average molecular weight is 219 g/mol. The normalized spacial score (nSPS) is 25.8. The fraction of sp³-hybridized carbons (Fsp3) is 0.615. The van der Waals surface area contributed by atoms with Crippen LogP contribution in [-0.4, -0.2) is 17.1 Å². The predicted molar refractivity (Wildman–Crippen MR) is 68.6 cm³/mol. The highest BCUT2D eigenvalue weighted by atomic mass is 15.2. The largest absolute Gasteiger partial charge is 0.397 e. The molecule has 0 aliphatic carbocycles. The number of nitrogens with zero attached hydrogens (tertiary/aromatic N) is 2. The van der Waals surface area contributed by atoms with Crippen LogP contribution < -0.4 is 10.6 Å². The number of aryl methyl sites for hydroxylation is 1. The Hall–Kier alpha value is -1.25. The van der Waals surface area contributed by atoms with Gasteiger partial charge in [0.15, 0.2) is 0 Å². The van der Waals surface area contributed by atoms with Crippen LogP contribution in [0.5, 0.6) is 0 Å². The van der Waals surface area contributed by atoms with E-state index in [-0.39, 0.29) is 0 Å². The Balaban J connectivity index is 2.34. The van der Waals surface area contributed by atoms with E-state index < -0.39 is 0 Å². The van der Waals surface area contributed by atoms with Crippen LogP contribution in [-0.2, 0) is 0 Å². The lowest BCUT2D eigenvalue weighted by molar-refractivity contribution is 0.410. The summed E-state index contributed by atoms with van der Waals surface area (Å²) in [5.74, 6) is 1.11. The van der Waals surface area contributed by atoms with Crippen molar-refractivity contribution in [3.05, 3.63) is 17.8 Å². The maximum atomic E-state index is 5.75.